The average molecular weight is 621 g/mol. The molecule has 0 saturated carbocycles. The van der Waals surface area contributed by atoms with Crippen molar-refractivity contribution >= 4 is 34.7 Å². The molecule has 2 heterocycles. The topological polar surface area (TPSA) is 99.6 Å². The van der Waals surface area contributed by atoms with Gasteiger partial charge in [0.1, 0.15) is 18.6 Å². The molecule has 228 valence electrons. The number of nitrogens with zero attached hydrogens (tertiary/aromatic N) is 1. The maximum absolute atomic E-state index is 13.2. The van der Waals surface area contributed by atoms with Gasteiger partial charge in [-0.25, -0.2) is 4.79 Å². The van der Waals surface area contributed by atoms with Crippen LogP contribution in [0.25, 0.3) is 0 Å². The van der Waals surface area contributed by atoms with Gasteiger partial charge in [-0.3, -0.25) is 14.3 Å². The van der Waals surface area contributed by atoms with E-state index in [1.54, 1.807) is 6.20 Å². The summed E-state index contributed by atoms with van der Waals surface area (Å²) in [4.78, 5) is 41.4. The summed E-state index contributed by atoms with van der Waals surface area (Å²) in [5.41, 5.74) is -0.539. The Balaban J connectivity index is 2.01. The van der Waals surface area contributed by atoms with Crippen molar-refractivity contribution in [3.63, 3.8) is 0 Å². The number of hydrogen-bond donors (Lipinski definition) is 1. The first kappa shape index (κ1) is 33.7. The number of hydrogen-bond acceptors (Lipinski definition) is 7. The highest BCUT2D eigenvalue weighted by Gasteiger charge is 2.51. The van der Waals surface area contributed by atoms with Gasteiger partial charge in [0, 0.05) is 34.7 Å². The van der Waals surface area contributed by atoms with Crippen LogP contribution in [0.5, 0.6) is 0 Å². The molecule has 1 aliphatic rings. The van der Waals surface area contributed by atoms with Gasteiger partial charge in [-0.05, 0) is 48.4 Å². The van der Waals surface area contributed by atoms with Gasteiger partial charge in [-0.2, -0.15) is 0 Å². The number of benzene rings is 1. The minimum absolute atomic E-state index is 0.00413. The van der Waals surface area contributed by atoms with Gasteiger partial charge in [-0.1, -0.05) is 59.7 Å². The molecule has 0 aliphatic carbocycles. The predicted molar refractivity (Wildman–Crippen MR) is 171 cm³/mol. The lowest BCUT2D eigenvalue weighted by atomic mass is 9.96. The Morgan fingerprint density at radius 1 is 1.00 bits per heavy atom. The lowest BCUT2D eigenvalue weighted by molar-refractivity contribution is -0.110. The van der Waals surface area contributed by atoms with Crippen molar-refractivity contribution < 1.29 is 18.4 Å². The molecule has 11 heteroatoms. The summed E-state index contributed by atoms with van der Waals surface area (Å²) in [5.74, 6) is -0.0418. The molecule has 0 unspecified atom stereocenters. The zero-order chi connectivity index (χ0) is 30.8. The van der Waals surface area contributed by atoms with E-state index in [-0.39, 0.29) is 16.5 Å². The Bertz CT molecular complexity index is 1300. The summed E-state index contributed by atoms with van der Waals surface area (Å²) < 4.78 is 21.6. The molecule has 0 bridgehead atoms. The van der Waals surface area contributed by atoms with Crippen LogP contribution in [0.4, 0.5) is 0 Å². The molecule has 1 aromatic carbocycles. The highest BCUT2D eigenvalue weighted by Crippen LogP contribution is 2.45. The smallest absolute Gasteiger partial charge is 0.330 e. The van der Waals surface area contributed by atoms with E-state index >= 15 is 0 Å². The van der Waals surface area contributed by atoms with Crippen molar-refractivity contribution in [1.82, 2.24) is 9.55 Å². The Kier molecular flexibility index (Phi) is 10.6. The Morgan fingerprint density at radius 2 is 1.61 bits per heavy atom. The van der Waals surface area contributed by atoms with Gasteiger partial charge in [0.25, 0.3) is 5.56 Å². The second kappa shape index (κ2) is 12.8. The highest BCUT2D eigenvalue weighted by molar-refractivity contribution is 7.98. The van der Waals surface area contributed by atoms with Crippen molar-refractivity contribution in [1.29, 1.82) is 0 Å². The normalized spacial score (nSPS) is 22.2. The number of nitrogens with one attached hydrogen (secondary N) is 1. The molecule has 4 atom stereocenters. The molecule has 1 aromatic heterocycles. The third-order valence-corrected chi connectivity index (χ3v) is 19.0. The number of ether oxygens (including phenoxy) is 1. The van der Waals surface area contributed by atoms with Crippen LogP contribution in [0.2, 0.25) is 36.3 Å². The van der Waals surface area contributed by atoms with Crippen molar-refractivity contribution in [2.45, 2.75) is 113 Å². The molecule has 3 rings (SSSR count). The quantitative estimate of drug-likeness (QED) is 0.178. The van der Waals surface area contributed by atoms with E-state index in [0.717, 1.165) is 11.2 Å². The Hall–Kier alpha value is -1.77. The number of H-pyrrole nitrogens is 1. The third-order valence-electron chi connectivity index (χ3n) is 8.94. The molecule has 8 nitrogen and oxygen atoms in total. The predicted octanol–water partition coefficient (Wildman–Crippen LogP) is 6.34. The summed E-state index contributed by atoms with van der Waals surface area (Å²) in [6.45, 7) is 22.1. The van der Waals surface area contributed by atoms with Crippen LogP contribution in [0.3, 0.4) is 0 Å². The van der Waals surface area contributed by atoms with Crippen molar-refractivity contribution in [3.8, 4) is 0 Å². The summed E-state index contributed by atoms with van der Waals surface area (Å²) in [7, 11) is -4.42. The van der Waals surface area contributed by atoms with Gasteiger partial charge < -0.3 is 18.4 Å². The van der Waals surface area contributed by atoms with E-state index in [4.69, 9.17) is 13.6 Å². The molecule has 1 aliphatic heterocycles. The van der Waals surface area contributed by atoms with E-state index in [1.807, 2.05) is 30.3 Å². The number of aldehydes is 1. The Labute approximate surface area is 250 Å². The fraction of sp³-hybridized carbons (Fsp3) is 0.633. The van der Waals surface area contributed by atoms with Gasteiger partial charge in [0.2, 0.25) is 0 Å². The average Bonchev–Trinajstić information content (AvgIpc) is 3.18. The molecule has 1 saturated heterocycles. The van der Waals surface area contributed by atoms with Crippen LogP contribution in [-0.2, 0) is 24.1 Å². The summed E-state index contributed by atoms with van der Waals surface area (Å²) >= 11 is 1.51. The SMILES string of the molecule is CC(C)(C)[Si](C)(C)OC[C@H]1O[C@@H](n2cc(CSc3ccccc3)c(=O)[nH]c2=O)[C@@H](CC=O)[C@@H]1O[Si](C)(C)C(C)(C)C. The molecule has 2 aromatic rings. The van der Waals surface area contributed by atoms with Gasteiger partial charge in [0.05, 0.1) is 12.7 Å². The first-order valence-corrected chi connectivity index (χ1v) is 21.1. The largest absolute Gasteiger partial charge is 0.414 e. The van der Waals surface area contributed by atoms with Crippen LogP contribution in [0.15, 0.2) is 51.0 Å². The fourth-order valence-electron chi connectivity index (χ4n) is 4.25. The van der Waals surface area contributed by atoms with Crippen LogP contribution in [0, 0.1) is 5.92 Å². The van der Waals surface area contributed by atoms with E-state index in [1.165, 1.54) is 16.3 Å². The fourth-order valence-corrected chi connectivity index (χ4v) is 7.50. The third kappa shape index (κ3) is 8.00. The minimum atomic E-state index is -2.30. The van der Waals surface area contributed by atoms with Crippen LogP contribution in [0.1, 0.15) is 59.8 Å². The standard InChI is InChI=1S/C30H48N2O6SSi2/c1-29(2,3)40(7,8)36-19-24-25(38-41(9,10)30(4,5)6)23(16-17-33)27(37-24)32-18-21(26(34)31-28(32)35)20-39-22-14-12-11-13-15-22/h11-15,17-18,23-25,27H,16,19-20H2,1-10H3,(H,31,34,35)/t23-,24+,25-,27+/m0/s1. The number of thioether (sulfide) groups is 1. The first-order valence-electron chi connectivity index (χ1n) is 14.3. The number of carbonyl (C=O) groups is 1. The molecule has 0 amide bonds. The molecule has 1 fully saturated rings. The Morgan fingerprint density at radius 3 is 2.17 bits per heavy atom. The number of aromatic amines is 1. The number of rotatable bonds is 11. The van der Waals surface area contributed by atoms with Gasteiger partial charge >= 0.3 is 5.69 Å². The van der Waals surface area contributed by atoms with E-state index < -0.39 is 52.2 Å². The summed E-state index contributed by atoms with van der Waals surface area (Å²) in [6.07, 6.45) is 0.891. The number of aromatic nitrogens is 2. The van der Waals surface area contributed by atoms with E-state index in [9.17, 15) is 14.4 Å². The maximum Gasteiger partial charge on any atom is 0.330 e. The second-order valence-corrected chi connectivity index (χ2v) is 24.6. The van der Waals surface area contributed by atoms with E-state index in [2.05, 4.69) is 72.7 Å². The minimum Gasteiger partial charge on any atom is -0.414 e. The van der Waals surface area contributed by atoms with Crippen molar-refractivity contribution in [2.75, 3.05) is 6.61 Å². The van der Waals surface area contributed by atoms with Crippen LogP contribution < -0.4 is 11.2 Å². The van der Waals surface area contributed by atoms with Crippen LogP contribution in [-0.4, -0.2) is 51.3 Å². The highest BCUT2D eigenvalue weighted by atomic mass is 32.2. The monoisotopic (exact) mass is 620 g/mol. The molecular weight excluding hydrogens is 573 g/mol. The molecule has 0 radical (unpaired) electrons. The molecule has 1 N–H and O–H groups in total. The second-order valence-electron chi connectivity index (χ2n) is 14.0. The first-order chi connectivity index (χ1) is 18.9. The molecule has 41 heavy (non-hydrogen) atoms. The molecular formula is C30H48N2O6SSi2. The van der Waals surface area contributed by atoms with Crippen molar-refractivity contribution in [3.05, 3.63) is 62.9 Å². The van der Waals surface area contributed by atoms with Gasteiger partial charge in [0.15, 0.2) is 16.6 Å². The van der Waals surface area contributed by atoms with E-state index in [0.29, 0.717) is 17.9 Å². The lowest BCUT2D eigenvalue weighted by Gasteiger charge is -2.41. The maximum atomic E-state index is 13.2. The lowest BCUT2D eigenvalue weighted by Crippen LogP contribution is -2.50. The zero-order valence-corrected chi connectivity index (χ0v) is 29.1. The number of carbonyl (C=O) groups excluding carboxylic acids is 1. The van der Waals surface area contributed by atoms with Gasteiger partial charge in [-0.15, -0.1) is 11.8 Å². The summed E-state index contributed by atoms with van der Waals surface area (Å²) in [5, 5.41) is -0.0670. The summed E-state index contributed by atoms with van der Waals surface area (Å²) in [6, 6.07) is 9.78. The van der Waals surface area contributed by atoms with Crippen molar-refractivity contribution in [2.24, 2.45) is 5.92 Å². The zero-order valence-electron chi connectivity index (χ0n) is 26.3. The van der Waals surface area contributed by atoms with Crippen LogP contribution >= 0.6 is 11.8 Å². The molecule has 0 spiro atoms.